The number of methoxy groups -OCH3 is 2. The van der Waals surface area contributed by atoms with Gasteiger partial charge in [0.15, 0.2) is 16.3 Å². The number of benzene rings is 2. The van der Waals surface area contributed by atoms with Crippen LogP contribution < -0.4 is 29.1 Å². The summed E-state index contributed by atoms with van der Waals surface area (Å²) in [6.45, 7) is 6.10. The Labute approximate surface area is 226 Å². The van der Waals surface area contributed by atoms with E-state index < -0.39 is 12.0 Å². The highest BCUT2D eigenvalue weighted by Crippen LogP contribution is 2.37. The fourth-order valence-electron chi connectivity index (χ4n) is 4.15. The van der Waals surface area contributed by atoms with Gasteiger partial charge in [-0.25, -0.2) is 9.79 Å². The number of ether oxygens (including phenoxy) is 4. The van der Waals surface area contributed by atoms with Crippen molar-refractivity contribution in [1.29, 1.82) is 0 Å². The van der Waals surface area contributed by atoms with E-state index in [1.807, 2.05) is 31.2 Å². The summed E-state index contributed by atoms with van der Waals surface area (Å²) < 4.78 is 24.5. The van der Waals surface area contributed by atoms with E-state index in [0.717, 1.165) is 11.1 Å². The summed E-state index contributed by atoms with van der Waals surface area (Å²) in [4.78, 5) is 31.9. The molecule has 4 rings (SSSR count). The largest absolute Gasteiger partial charge is 0.497 e. The Morgan fingerprint density at radius 2 is 1.86 bits per heavy atom. The van der Waals surface area contributed by atoms with Gasteiger partial charge in [0.1, 0.15) is 5.75 Å². The Morgan fingerprint density at radius 3 is 2.49 bits per heavy atom. The zero-order valence-electron chi connectivity index (χ0n) is 21.2. The van der Waals surface area contributed by atoms with Crippen LogP contribution in [-0.2, 0) is 9.53 Å². The van der Waals surface area contributed by atoms with Gasteiger partial charge in [-0.05, 0) is 78.2 Å². The van der Waals surface area contributed by atoms with Crippen molar-refractivity contribution < 1.29 is 23.7 Å². The first kappa shape index (κ1) is 26.7. The summed E-state index contributed by atoms with van der Waals surface area (Å²) >= 11 is 4.79. The fourth-order valence-corrected chi connectivity index (χ4v) is 5.77. The highest BCUT2D eigenvalue weighted by Gasteiger charge is 2.33. The third-order valence-electron chi connectivity index (χ3n) is 5.79. The lowest BCUT2D eigenvalue weighted by molar-refractivity contribution is -0.139. The number of carbonyl (C=O) groups is 1. The summed E-state index contributed by atoms with van der Waals surface area (Å²) in [6.07, 6.45) is 1.78. The molecule has 0 N–H and O–H groups in total. The van der Waals surface area contributed by atoms with Crippen molar-refractivity contribution in [2.75, 3.05) is 27.4 Å². The van der Waals surface area contributed by atoms with Crippen LogP contribution in [0.1, 0.15) is 37.9 Å². The molecule has 194 valence electrons. The number of hydrogen-bond acceptors (Lipinski definition) is 8. The van der Waals surface area contributed by atoms with E-state index in [9.17, 15) is 9.59 Å². The van der Waals surface area contributed by atoms with Crippen molar-refractivity contribution in [3.8, 4) is 17.2 Å². The van der Waals surface area contributed by atoms with Gasteiger partial charge in [-0.15, -0.1) is 0 Å². The lowest BCUT2D eigenvalue weighted by atomic mass is 9.96. The molecule has 0 fully saturated rings. The first-order chi connectivity index (χ1) is 17.8. The third kappa shape index (κ3) is 5.21. The molecule has 0 saturated heterocycles. The molecule has 0 unspecified atom stereocenters. The van der Waals surface area contributed by atoms with E-state index >= 15 is 0 Å². The first-order valence-electron chi connectivity index (χ1n) is 11.7. The minimum atomic E-state index is -0.690. The number of thiazole rings is 1. The Bertz CT molecular complexity index is 1540. The van der Waals surface area contributed by atoms with E-state index in [0.29, 0.717) is 48.9 Å². The van der Waals surface area contributed by atoms with Crippen LogP contribution in [0.15, 0.2) is 61.9 Å². The number of hydrogen-bond donors (Lipinski definition) is 0. The monoisotopic (exact) mass is 586 g/mol. The topological polar surface area (TPSA) is 88.4 Å². The van der Waals surface area contributed by atoms with Crippen LogP contribution in [0.2, 0.25) is 0 Å². The van der Waals surface area contributed by atoms with Crippen molar-refractivity contribution in [2.45, 2.75) is 26.8 Å². The molecule has 0 bridgehead atoms. The van der Waals surface area contributed by atoms with Crippen LogP contribution in [0.4, 0.5) is 0 Å². The minimum Gasteiger partial charge on any atom is -0.497 e. The van der Waals surface area contributed by atoms with Crippen molar-refractivity contribution in [1.82, 2.24) is 4.57 Å². The van der Waals surface area contributed by atoms with Gasteiger partial charge in [0.2, 0.25) is 0 Å². The second-order valence-corrected chi connectivity index (χ2v) is 9.91. The van der Waals surface area contributed by atoms with Crippen LogP contribution in [0.3, 0.4) is 0 Å². The average Bonchev–Trinajstić information content (AvgIpc) is 3.18. The van der Waals surface area contributed by atoms with Crippen LogP contribution in [0.5, 0.6) is 17.2 Å². The van der Waals surface area contributed by atoms with Gasteiger partial charge in [-0.2, -0.15) is 0 Å². The molecule has 0 amide bonds. The molecular formula is C27H27BrN2O6S. The summed E-state index contributed by atoms with van der Waals surface area (Å²) in [7, 11) is 3.15. The second-order valence-electron chi connectivity index (χ2n) is 8.04. The maximum absolute atomic E-state index is 13.8. The molecule has 3 aromatic rings. The number of esters is 1. The second kappa shape index (κ2) is 11.4. The van der Waals surface area contributed by atoms with Gasteiger partial charge < -0.3 is 18.9 Å². The average molecular weight is 587 g/mol. The molecule has 8 nitrogen and oxygen atoms in total. The predicted molar refractivity (Wildman–Crippen MR) is 145 cm³/mol. The Balaban J connectivity index is 1.91. The number of carbonyl (C=O) groups excluding carboxylic acids is 1. The SMILES string of the molecule is CCOC(=O)C1=C(C)N=c2s/c(=C\c3cc(Br)c(OCC)c(OC)c3)c(=O)n2[C@@H]1c1ccc(OC)cc1. The fraction of sp³-hybridized carbons (Fsp3) is 0.296. The Hall–Kier alpha value is -3.37. The molecule has 0 saturated carbocycles. The van der Waals surface area contributed by atoms with Gasteiger partial charge in [0, 0.05) is 0 Å². The molecular weight excluding hydrogens is 560 g/mol. The molecule has 37 heavy (non-hydrogen) atoms. The van der Waals surface area contributed by atoms with Crippen LogP contribution >= 0.6 is 27.3 Å². The number of allylic oxidation sites excluding steroid dienone is 1. The number of halogens is 1. The van der Waals surface area contributed by atoms with Gasteiger partial charge in [-0.3, -0.25) is 9.36 Å². The third-order valence-corrected chi connectivity index (χ3v) is 7.36. The molecule has 1 aliphatic rings. The highest BCUT2D eigenvalue weighted by atomic mass is 79.9. The molecule has 0 aliphatic carbocycles. The lowest BCUT2D eigenvalue weighted by Crippen LogP contribution is -2.39. The molecule has 0 radical (unpaired) electrons. The standard InChI is InChI=1S/C27H27BrN2O6S/c1-6-35-24-19(28)12-16(13-20(24)34-5)14-21-25(31)30-23(17-8-10-18(33-4)11-9-17)22(26(32)36-7-2)15(3)29-27(30)37-21/h8-14,23H,6-7H2,1-5H3/b21-14-/t23-/m1/s1. The van der Waals surface area contributed by atoms with Gasteiger partial charge in [0.05, 0.1) is 53.8 Å². The summed E-state index contributed by atoms with van der Waals surface area (Å²) in [5.74, 6) is 1.31. The molecule has 1 atom stereocenters. The summed E-state index contributed by atoms with van der Waals surface area (Å²) in [5, 5.41) is 0. The maximum Gasteiger partial charge on any atom is 0.338 e. The van der Waals surface area contributed by atoms with Gasteiger partial charge >= 0.3 is 5.97 Å². The van der Waals surface area contributed by atoms with E-state index in [-0.39, 0.29) is 12.2 Å². The minimum absolute atomic E-state index is 0.212. The smallest absolute Gasteiger partial charge is 0.338 e. The number of aromatic nitrogens is 1. The van der Waals surface area contributed by atoms with Crippen LogP contribution in [0, 0.1) is 0 Å². The first-order valence-corrected chi connectivity index (χ1v) is 13.3. The highest BCUT2D eigenvalue weighted by molar-refractivity contribution is 9.10. The van der Waals surface area contributed by atoms with Crippen molar-refractivity contribution in [3.05, 3.63) is 83.0 Å². The molecule has 1 aromatic heterocycles. The van der Waals surface area contributed by atoms with E-state index in [2.05, 4.69) is 20.9 Å². The Kier molecular flexibility index (Phi) is 8.19. The van der Waals surface area contributed by atoms with Crippen molar-refractivity contribution >= 4 is 39.3 Å². The molecule has 10 heteroatoms. The van der Waals surface area contributed by atoms with Crippen molar-refractivity contribution in [2.24, 2.45) is 4.99 Å². The lowest BCUT2D eigenvalue weighted by Gasteiger charge is -2.24. The molecule has 2 heterocycles. The van der Waals surface area contributed by atoms with Gasteiger partial charge in [-0.1, -0.05) is 23.5 Å². The summed E-state index contributed by atoms with van der Waals surface area (Å²) in [6, 6.07) is 10.3. The van der Waals surface area contributed by atoms with Crippen LogP contribution in [0.25, 0.3) is 6.08 Å². The number of fused-ring (bicyclic) bond motifs is 1. The van der Waals surface area contributed by atoms with E-state index in [1.54, 1.807) is 50.8 Å². The molecule has 1 aliphatic heterocycles. The van der Waals surface area contributed by atoms with E-state index in [1.165, 1.54) is 11.3 Å². The molecule has 0 spiro atoms. The zero-order valence-corrected chi connectivity index (χ0v) is 23.6. The van der Waals surface area contributed by atoms with E-state index in [4.69, 9.17) is 18.9 Å². The maximum atomic E-state index is 13.8. The normalized spacial score (nSPS) is 15.2. The Morgan fingerprint density at radius 1 is 1.14 bits per heavy atom. The van der Waals surface area contributed by atoms with Gasteiger partial charge in [0.25, 0.3) is 5.56 Å². The summed E-state index contributed by atoms with van der Waals surface area (Å²) in [5.41, 5.74) is 2.08. The zero-order chi connectivity index (χ0) is 26.7. The quantitative estimate of drug-likeness (QED) is 0.371. The number of nitrogens with zero attached hydrogens (tertiary/aromatic N) is 2. The van der Waals surface area contributed by atoms with Crippen molar-refractivity contribution in [3.63, 3.8) is 0 Å². The molecule has 2 aromatic carbocycles. The number of rotatable bonds is 8. The predicted octanol–water partition coefficient (Wildman–Crippen LogP) is 3.98. The van der Waals surface area contributed by atoms with Crippen LogP contribution in [-0.4, -0.2) is 38.0 Å².